The summed E-state index contributed by atoms with van der Waals surface area (Å²) in [6, 6.07) is -0.645. The maximum absolute atomic E-state index is 12.5. The van der Waals surface area contributed by atoms with E-state index >= 15 is 0 Å². The van der Waals surface area contributed by atoms with Gasteiger partial charge in [-0.15, -0.1) is 0 Å². The van der Waals surface area contributed by atoms with E-state index in [1.807, 2.05) is 6.08 Å². The standard InChI is InChI=1S/C69H133NO3/c1-3-5-7-9-11-13-15-17-19-21-23-25-27-29-31-33-34-35-37-39-41-43-45-47-49-51-53-55-57-59-61-63-65-69(73)70-67(66-71)68(72)64-62-60-58-56-54-52-50-48-46-44-42-40-38-36-32-30-28-26-24-22-20-18-16-14-12-10-8-6-4-2/h46,48,54,56,62,64,67-68,71-72H,3-45,47,49-53,55,57-61,63,65-66H2,1-2H3,(H,70,73)/b48-46+,56-54+,64-62+. The third-order valence-corrected chi connectivity index (χ3v) is 15.9. The first-order valence-corrected chi connectivity index (χ1v) is 33.7. The predicted octanol–water partition coefficient (Wildman–Crippen LogP) is 22.8. The second kappa shape index (κ2) is 64.9. The van der Waals surface area contributed by atoms with Gasteiger partial charge in [0.1, 0.15) is 0 Å². The first kappa shape index (κ1) is 71.6. The Bertz CT molecular complexity index is 1110. The van der Waals surface area contributed by atoms with Gasteiger partial charge < -0.3 is 15.5 Å². The maximum atomic E-state index is 12.5. The quantitative estimate of drug-likeness (QED) is 0.0420. The fraction of sp³-hybridized carbons (Fsp3) is 0.899. The molecule has 0 aromatic rings. The molecule has 2 atom stereocenters. The molecule has 4 nitrogen and oxygen atoms in total. The molecule has 4 heteroatoms. The molecule has 0 saturated heterocycles. The molecular weight excluding hydrogens is 891 g/mol. The lowest BCUT2D eigenvalue weighted by Crippen LogP contribution is -2.45. The molecular formula is C69H133NO3. The summed E-state index contributed by atoms with van der Waals surface area (Å²) >= 11 is 0. The lowest BCUT2D eigenvalue weighted by molar-refractivity contribution is -0.123. The highest BCUT2D eigenvalue weighted by Gasteiger charge is 2.18. The van der Waals surface area contributed by atoms with Crippen molar-refractivity contribution in [2.45, 2.75) is 392 Å². The van der Waals surface area contributed by atoms with Crippen molar-refractivity contribution in [1.29, 1.82) is 0 Å². The zero-order chi connectivity index (χ0) is 52.7. The maximum Gasteiger partial charge on any atom is 0.220 e. The van der Waals surface area contributed by atoms with Crippen molar-refractivity contribution in [1.82, 2.24) is 5.32 Å². The van der Waals surface area contributed by atoms with E-state index in [2.05, 4.69) is 43.5 Å². The van der Waals surface area contributed by atoms with Crippen LogP contribution in [-0.4, -0.2) is 34.9 Å². The van der Waals surface area contributed by atoms with Crippen LogP contribution in [-0.2, 0) is 4.79 Å². The predicted molar refractivity (Wildman–Crippen MR) is 327 cm³/mol. The fourth-order valence-corrected chi connectivity index (χ4v) is 10.7. The zero-order valence-electron chi connectivity index (χ0n) is 49.9. The average molecular weight is 1020 g/mol. The van der Waals surface area contributed by atoms with Crippen LogP contribution in [0.2, 0.25) is 0 Å². The van der Waals surface area contributed by atoms with Gasteiger partial charge in [-0.2, -0.15) is 0 Å². The summed E-state index contributed by atoms with van der Waals surface area (Å²) < 4.78 is 0. The van der Waals surface area contributed by atoms with Gasteiger partial charge in [0.05, 0.1) is 18.8 Å². The van der Waals surface area contributed by atoms with Crippen LogP contribution in [0.15, 0.2) is 36.5 Å². The minimum atomic E-state index is -0.870. The van der Waals surface area contributed by atoms with E-state index in [0.29, 0.717) is 6.42 Å². The third-order valence-electron chi connectivity index (χ3n) is 15.9. The Labute approximate surface area is 459 Å². The number of amides is 1. The topological polar surface area (TPSA) is 69.6 Å². The summed E-state index contributed by atoms with van der Waals surface area (Å²) in [6.45, 7) is 4.34. The number of rotatable bonds is 63. The van der Waals surface area contributed by atoms with Crippen LogP contribution < -0.4 is 5.32 Å². The molecule has 0 aliphatic carbocycles. The molecule has 0 bridgehead atoms. The highest BCUT2D eigenvalue weighted by molar-refractivity contribution is 5.76. The molecule has 0 aromatic heterocycles. The number of unbranched alkanes of at least 4 members (excludes halogenated alkanes) is 52. The van der Waals surface area contributed by atoms with E-state index in [-0.39, 0.29) is 12.5 Å². The van der Waals surface area contributed by atoms with Crippen LogP contribution in [0.5, 0.6) is 0 Å². The van der Waals surface area contributed by atoms with Gasteiger partial charge in [-0.1, -0.05) is 365 Å². The summed E-state index contributed by atoms with van der Waals surface area (Å²) in [5, 5.41) is 23.2. The van der Waals surface area contributed by atoms with Gasteiger partial charge in [-0.05, 0) is 44.9 Å². The van der Waals surface area contributed by atoms with Crippen molar-refractivity contribution >= 4 is 5.91 Å². The Morgan fingerprint density at radius 3 is 0.795 bits per heavy atom. The number of hydrogen-bond acceptors (Lipinski definition) is 3. The molecule has 0 rings (SSSR count). The number of aliphatic hydroxyl groups is 2. The number of nitrogens with one attached hydrogen (secondary N) is 1. The van der Waals surface area contributed by atoms with Crippen LogP contribution in [0.1, 0.15) is 380 Å². The molecule has 73 heavy (non-hydrogen) atoms. The molecule has 0 fully saturated rings. The molecule has 0 aliphatic rings. The van der Waals surface area contributed by atoms with E-state index in [4.69, 9.17) is 0 Å². The largest absolute Gasteiger partial charge is 0.394 e. The van der Waals surface area contributed by atoms with E-state index in [1.165, 1.54) is 321 Å². The molecule has 0 saturated carbocycles. The molecule has 0 spiro atoms. The smallest absolute Gasteiger partial charge is 0.220 e. The van der Waals surface area contributed by atoms with E-state index in [9.17, 15) is 15.0 Å². The highest BCUT2D eigenvalue weighted by Crippen LogP contribution is 2.19. The second-order valence-corrected chi connectivity index (χ2v) is 23.2. The lowest BCUT2D eigenvalue weighted by atomic mass is 10.0. The number of aliphatic hydroxyl groups excluding tert-OH is 2. The number of carbonyl (C=O) groups is 1. The third kappa shape index (κ3) is 61.3. The Balaban J connectivity index is 3.47. The zero-order valence-corrected chi connectivity index (χ0v) is 49.9. The molecule has 0 aromatic carbocycles. The Morgan fingerprint density at radius 2 is 0.534 bits per heavy atom. The minimum absolute atomic E-state index is 0.0698. The summed E-state index contributed by atoms with van der Waals surface area (Å²) in [4.78, 5) is 12.5. The second-order valence-electron chi connectivity index (χ2n) is 23.2. The van der Waals surface area contributed by atoms with Crippen LogP contribution >= 0.6 is 0 Å². The Morgan fingerprint density at radius 1 is 0.315 bits per heavy atom. The van der Waals surface area contributed by atoms with Crippen LogP contribution in [0.3, 0.4) is 0 Å². The highest BCUT2D eigenvalue weighted by atomic mass is 16.3. The first-order chi connectivity index (χ1) is 36.2. The molecule has 0 radical (unpaired) electrons. The molecule has 3 N–H and O–H groups in total. The van der Waals surface area contributed by atoms with Crippen molar-refractivity contribution in [2.75, 3.05) is 6.61 Å². The summed E-state index contributed by atoms with van der Waals surface area (Å²) in [6.07, 6.45) is 89.5. The Kier molecular flexibility index (Phi) is 63.7. The van der Waals surface area contributed by atoms with Crippen LogP contribution in [0.4, 0.5) is 0 Å². The number of allylic oxidation sites excluding steroid dienone is 5. The van der Waals surface area contributed by atoms with Crippen molar-refractivity contribution < 1.29 is 15.0 Å². The number of hydrogen-bond donors (Lipinski definition) is 3. The molecule has 0 aliphatic heterocycles. The van der Waals surface area contributed by atoms with Crippen LogP contribution in [0, 0.1) is 0 Å². The summed E-state index contributed by atoms with van der Waals surface area (Å²) in [5.41, 5.74) is 0. The first-order valence-electron chi connectivity index (χ1n) is 33.7. The minimum Gasteiger partial charge on any atom is -0.394 e. The monoisotopic (exact) mass is 1020 g/mol. The average Bonchev–Trinajstić information content (AvgIpc) is 3.40. The van der Waals surface area contributed by atoms with E-state index in [1.54, 1.807) is 6.08 Å². The fourth-order valence-electron chi connectivity index (χ4n) is 10.7. The van der Waals surface area contributed by atoms with Crippen molar-refractivity contribution in [3.05, 3.63) is 36.5 Å². The van der Waals surface area contributed by atoms with Gasteiger partial charge in [0.25, 0.3) is 0 Å². The van der Waals surface area contributed by atoms with Gasteiger partial charge in [0.2, 0.25) is 5.91 Å². The molecule has 1 amide bonds. The van der Waals surface area contributed by atoms with Crippen molar-refractivity contribution in [3.8, 4) is 0 Å². The van der Waals surface area contributed by atoms with Gasteiger partial charge in [-0.25, -0.2) is 0 Å². The SMILES string of the molecule is CCCCCCCCCCCCCCCCCCCCC/C=C/CC/C=C/CC/C=C/C(O)C(CO)NC(=O)CCCCCCCCCCCCCCCCCCCCCCCCCCCCCCCCCC. The normalized spacial score (nSPS) is 12.9. The van der Waals surface area contributed by atoms with Crippen molar-refractivity contribution in [3.63, 3.8) is 0 Å². The summed E-state index contributed by atoms with van der Waals surface area (Å²) in [5.74, 6) is -0.0698. The van der Waals surface area contributed by atoms with Gasteiger partial charge in [0, 0.05) is 6.42 Å². The van der Waals surface area contributed by atoms with Gasteiger partial charge in [-0.3, -0.25) is 4.79 Å². The lowest BCUT2D eigenvalue weighted by Gasteiger charge is -2.19. The van der Waals surface area contributed by atoms with E-state index in [0.717, 1.165) is 38.5 Å². The van der Waals surface area contributed by atoms with Crippen molar-refractivity contribution in [2.24, 2.45) is 0 Å². The summed E-state index contributed by atoms with van der Waals surface area (Å²) in [7, 11) is 0. The van der Waals surface area contributed by atoms with Gasteiger partial charge in [0.15, 0.2) is 0 Å². The Hall–Kier alpha value is -1.39. The van der Waals surface area contributed by atoms with Crippen LogP contribution in [0.25, 0.3) is 0 Å². The number of carbonyl (C=O) groups excluding carboxylic acids is 1. The molecule has 0 heterocycles. The van der Waals surface area contributed by atoms with E-state index < -0.39 is 12.1 Å². The molecule has 2 unspecified atom stereocenters. The van der Waals surface area contributed by atoms with Gasteiger partial charge >= 0.3 is 0 Å². The molecule has 432 valence electrons.